The van der Waals surface area contributed by atoms with Crippen molar-refractivity contribution in [3.8, 4) is 0 Å². The molecule has 0 radical (unpaired) electrons. The highest BCUT2D eigenvalue weighted by Crippen LogP contribution is 2.15. The van der Waals surface area contributed by atoms with Crippen LogP contribution in [0.15, 0.2) is 36.5 Å². The third-order valence-corrected chi connectivity index (χ3v) is 7.72. The van der Waals surface area contributed by atoms with Crippen LogP contribution >= 0.6 is 0 Å². The Hall–Kier alpha value is -1.43. The maximum atomic E-state index is 12.3. The molecule has 240 valence electrons. The molecule has 0 saturated heterocycles. The Labute approximate surface area is 254 Å². The zero-order valence-corrected chi connectivity index (χ0v) is 26.9. The number of carbonyl (C=O) groups excluding carboxylic acids is 1. The van der Waals surface area contributed by atoms with Gasteiger partial charge in [0, 0.05) is 0 Å². The number of allylic oxidation sites excluding steroid dienone is 5. The third-order valence-electron chi connectivity index (χ3n) is 7.72. The van der Waals surface area contributed by atoms with Crippen molar-refractivity contribution in [2.24, 2.45) is 0 Å². The van der Waals surface area contributed by atoms with Crippen molar-refractivity contribution in [2.45, 2.75) is 180 Å². The molecule has 5 nitrogen and oxygen atoms in total. The summed E-state index contributed by atoms with van der Waals surface area (Å²) in [5.41, 5.74) is 0. The summed E-state index contributed by atoms with van der Waals surface area (Å²) in [5.74, 6) is -0.520. The van der Waals surface area contributed by atoms with E-state index in [0.29, 0.717) is 6.42 Å². The van der Waals surface area contributed by atoms with E-state index in [0.717, 1.165) is 51.4 Å². The van der Waals surface area contributed by atoms with Gasteiger partial charge in [0.15, 0.2) is 0 Å². The van der Waals surface area contributed by atoms with Crippen LogP contribution in [0.3, 0.4) is 0 Å². The summed E-state index contributed by atoms with van der Waals surface area (Å²) in [7, 11) is 0. The fourth-order valence-corrected chi connectivity index (χ4v) is 4.99. The number of aliphatic hydroxyl groups excluding tert-OH is 3. The van der Waals surface area contributed by atoms with Crippen LogP contribution in [-0.4, -0.2) is 46.1 Å². The summed E-state index contributed by atoms with van der Waals surface area (Å²) in [6.07, 6.45) is 37.4. The van der Waals surface area contributed by atoms with E-state index in [1.165, 1.54) is 89.9 Å². The Morgan fingerprint density at radius 2 is 1.02 bits per heavy atom. The molecule has 0 heterocycles. The number of aliphatic hydroxyl groups is 3. The van der Waals surface area contributed by atoms with Gasteiger partial charge in [-0.25, -0.2) is 0 Å². The molecule has 0 rings (SSSR count). The Kier molecular flexibility index (Phi) is 30.4. The van der Waals surface area contributed by atoms with Crippen LogP contribution in [0.4, 0.5) is 0 Å². The van der Waals surface area contributed by atoms with Gasteiger partial charge in [-0.3, -0.25) is 4.79 Å². The van der Waals surface area contributed by atoms with Gasteiger partial charge in [-0.1, -0.05) is 159 Å². The van der Waals surface area contributed by atoms with Crippen LogP contribution in [-0.2, 0) is 4.79 Å². The molecule has 5 heteroatoms. The molecular weight excluding hydrogens is 510 g/mol. The number of nitrogens with one attached hydrogen (secondary N) is 1. The molecule has 3 atom stereocenters. The molecular formula is C36H67NO4. The first-order valence-electron chi connectivity index (χ1n) is 17.3. The van der Waals surface area contributed by atoms with Crippen LogP contribution in [0.5, 0.6) is 0 Å². The fourth-order valence-electron chi connectivity index (χ4n) is 4.99. The smallest absolute Gasteiger partial charge is 0.249 e. The van der Waals surface area contributed by atoms with Gasteiger partial charge in [-0.05, 0) is 38.5 Å². The summed E-state index contributed by atoms with van der Waals surface area (Å²) in [4.78, 5) is 12.3. The number of hydrogen-bond acceptors (Lipinski definition) is 4. The maximum absolute atomic E-state index is 12.3. The van der Waals surface area contributed by atoms with E-state index in [1.54, 1.807) is 6.08 Å². The average molecular weight is 578 g/mol. The molecule has 0 aliphatic carbocycles. The standard InChI is InChI=1S/C36H67NO4/c1-3-5-7-9-11-13-15-16-17-18-19-20-21-23-25-27-29-31-35(40)36(41)37-33(32-38)34(39)30-28-26-24-22-14-12-10-8-6-4-2/h6,8,14,22,28,30,33-35,38-40H,3-5,7,9-13,15-21,23-27,29,31-32H2,1-2H3,(H,37,41)/b8-6+,22-14+,30-28+. The fraction of sp³-hybridized carbons (Fsp3) is 0.806. The Morgan fingerprint density at radius 3 is 1.46 bits per heavy atom. The molecule has 0 aliphatic heterocycles. The first kappa shape index (κ1) is 39.6. The van der Waals surface area contributed by atoms with Crippen LogP contribution in [0, 0.1) is 0 Å². The van der Waals surface area contributed by atoms with Crippen molar-refractivity contribution in [3.63, 3.8) is 0 Å². The second kappa shape index (κ2) is 31.5. The summed E-state index contributed by atoms with van der Waals surface area (Å²) in [6.45, 7) is 4.02. The number of unbranched alkanes of at least 4 members (excludes halogenated alkanes) is 18. The lowest BCUT2D eigenvalue weighted by atomic mass is 10.0. The lowest BCUT2D eigenvalue weighted by molar-refractivity contribution is -0.131. The van der Waals surface area contributed by atoms with E-state index >= 15 is 0 Å². The number of amides is 1. The monoisotopic (exact) mass is 578 g/mol. The molecule has 0 fully saturated rings. The van der Waals surface area contributed by atoms with Crippen LogP contribution in [0.25, 0.3) is 0 Å². The van der Waals surface area contributed by atoms with E-state index in [2.05, 4.69) is 43.5 Å². The van der Waals surface area contributed by atoms with Gasteiger partial charge in [-0.15, -0.1) is 0 Å². The highest BCUT2D eigenvalue weighted by molar-refractivity contribution is 5.80. The summed E-state index contributed by atoms with van der Waals surface area (Å²) in [6, 6.07) is -0.815. The molecule has 1 amide bonds. The second-order valence-electron chi connectivity index (χ2n) is 11.7. The zero-order chi connectivity index (χ0) is 30.2. The molecule has 41 heavy (non-hydrogen) atoms. The SMILES string of the molecule is CC/C=C/CC/C=C/CC/C=C/C(O)C(CO)NC(=O)C(O)CCCCCCCCCCCCCCCCCCC. The second-order valence-corrected chi connectivity index (χ2v) is 11.7. The van der Waals surface area contributed by atoms with Crippen molar-refractivity contribution in [1.82, 2.24) is 5.32 Å². The van der Waals surface area contributed by atoms with Crippen molar-refractivity contribution < 1.29 is 20.1 Å². The van der Waals surface area contributed by atoms with Crippen LogP contribution < -0.4 is 5.32 Å². The van der Waals surface area contributed by atoms with E-state index < -0.39 is 24.2 Å². The van der Waals surface area contributed by atoms with E-state index in [-0.39, 0.29) is 6.61 Å². The topological polar surface area (TPSA) is 89.8 Å². The molecule has 4 N–H and O–H groups in total. The minimum absolute atomic E-state index is 0.381. The van der Waals surface area contributed by atoms with Crippen molar-refractivity contribution in [2.75, 3.05) is 6.61 Å². The normalized spacial score (nSPS) is 14.4. The molecule has 3 unspecified atom stereocenters. The van der Waals surface area contributed by atoms with Gasteiger partial charge < -0.3 is 20.6 Å². The molecule has 0 aromatic rings. The lowest BCUT2D eigenvalue weighted by Gasteiger charge is -2.21. The van der Waals surface area contributed by atoms with Gasteiger partial charge >= 0.3 is 0 Å². The van der Waals surface area contributed by atoms with Gasteiger partial charge in [0.2, 0.25) is 5.91 Å². The quantitative estimate of drug-likeness (QED) is 0.0507. The van der Waals surface area contributed by atoms with Crippen molar-refractivity contribution >= 4 is 5.91 Å². The molecule has 0 aromatic heterocycles. The van der Waals surface area contributed by atoms with Gasteiger partial charge in [0.1, 0.15) is 6.10 Å². The van der Waals surface area contributed by atoms with Gasteiger partial charge in [0.25, 0.3) is 0 Å². The number of rotatable bonds is 30. The largest absolute Gasteiger partial charge is 0.394 e. The van der Waals surface area contributed by atoms with Crippen LogP contribution in [0.2, 0.25) is 0 Å². The minimum Gasteiger partial charge on any atom is -0.394 e. The molecule has 0 aromatic carbocycles. The van der Waals surface area contributed by atoms with E-state index in [1.807, 2.05) is 6.08 Å². The predicted octanol–water partition coefficient (Wildman–Crippen LogP) is 8.87. The Morgan fingerprint density at radius 1 is 0.610 bits per heavy atom. The van der Waals surface area contributed by atoms with Crippen LogP contribution in [0.1, 0.15) is 162 Å². The molecule has 0 bridgehead atoms. The Bertz CT molecular complexity index is 645. The zero-order valence-electron chi connectivity index (χ0n) is 26.9. The van der Waals surface area contributed by atoms with Crippen molar-refractivity contribution in [3.05, 3.63) is 36.5 Å². The van der Waals surface area contributed by atoms with Gasteiger partial charge in [-0.2, -0.15) is 0 Å². The first-order chi connectivity index (χ1) is 20.1. The number of carbonyl (C=O) groups is 1. The average Bonchev–Trinajstić information content (AvgIpc) is 2.98. The summed E-state index contributed by atoms with van der Waals surface area (Å²) in [5, 5.41) is 32.8. The lowest BCUT2D eigenvalue weighted by Crippen LogP contribution is -2.48. The molecule has 0 spiro atoms. The van der Waals surface area contributed by atoms with Gasteiger partial charge in [0.05, 0.1) is 18.8 Å². The maximum Gasteiger partial charge on any atom is 0.249 e. The molecule has 0 aliphatic rings. The third kappa shape index (κ3) is 27.2. The number of hydrogen-bond donors (Lipinski definition) is 4. The molecule has 0 saturated carbocycles. The highest BCUT2D eigenvalue weighted by Gasteiger charge is 2.22. The summed E-state index contributed by atoms with van der Waals surface area (Å²) >= 11 is 0. The predicted molar refractivity (Wildman–Crippen MR) is 176 cm³/mol. The minimum atomic E-state index is -1.10. The highest BCUT2D eigenvalue weighted by atomic mass is 16.3. The first-order valence-corrected chi connectivity index (χ1v) is 17.3. The van der Waals surface area contributed by atoms with Crippen molar-refractivity contribution in [1.29, 1.82) is 0 Å². The summed E-state index contributed by atoms with van der Waals surface area (Å²) < 4.78 is 0. The van der Waals surface area contributed by atoms with E-state index in [9.17, 15) is 20.1 Å². The van der Waals surface area contributed by atoms with E-state index in [4.69, 9.17) is 0 Å². The Balaban J connectivity index is 3.75.